The average Bonchev–Trinajstić information content (AvgIpc) is 2.63. The van der Waals surface area contributed by atoms with Crippen LogP contribution in [0.2, 0.25) is 0 Å². The fraction of sp³-hybridized carbons (Fsp3) is 0.583. The lowest BCUT2D eigenvalue weighted by Gasteiger charge is -2.26. The molecule has 2 heterocycles. The molecule has 0 saturated carbocycles. The summed E-state index contributed by atoms with van der Waals surface area (Å²) in [6.07, 6.45) is 5.45. The Labute approximate surface area is 114 Å². The van der Waals surface area contributed by atoms with Crippen LogP contribution in [-0.4, -0.2) is 30.3 Å². The number of aromatic nitrogens is 1. The van der Waals surface area contributed by atoms with Crippen molar-refractivity contribution < 1.29 is 8.42 Å². The predicted molar refractivity (Wildman–Crippen MR) is 73.9 cm³/mol. The van der Waals surface area contributed by atoms with Gasteiger partial charge in [0.05, 0.1) is 0 Å². The van der Waals surface area contributed by atoms with E-state index in [1.807, 2.05) is 6.92 Å². The Morgan fingerprint density at radius 1 is 1.42 bits per heavy atom. The van der Waals surface area contributed by atoms with E-state index in [9.17, 15) is 8.42 Å². The van der Waals surface area contributed by atoms with Gasteiger partial charge < -0.3 is 5.43 Å². The third kappa shape index (κ3) is 2.88. The third-order valence-electron chi connectivity index (χ3n) is 3.49. The van der Waals surface area contributed by atoms with Crippen molar-refractivity contribution in [1.82, 2.24) is 9.29 Å². The Morgan fingerprint density at radius 3 is 2.95 bits per heavy atom. The second kappa shape index (κ2) is 5.85. The summed E-state index contributed by atoms with van der Waals surface area (Å²) in [6, 6.07) is 3.16. The number of rotatable bonds is 3. The first kappa shape index (κ1) is 14.2. The Balaban J connectivity index is 2.40. The van der Waals surface area contributed by atoms with Gasteiger partial charge in [-0.25, -0.2) is 19.2 Å². The van der Waals surface area contributed by atoms with Crippen LogP contribution in [0.5, 0.6) is 0 Å². The molecule has 0 spiro atoms. The van der Waals surface area contributed by atoms with Crippen LogP contribution in [0.25, 0.3) is 0 Å². The number of nitrogens with two attached hydrogens (primary N) is 1. The van der Waals surface area contributed by atoms with Crippen LogP contribution in [0.4, 0.5) is 5.82 Å². The SMILES string of the molecule is CC1CCCCCN1S(=O)(=O)c1cccnc1NN. The monoisotopic (exact) mass is 284 g/mol. The van der Waals surface area contributed by atoms with Crippen molar-refractivity contribution in [3.63, 3.8) is 0 Å². The molecule has 1 saturated heterocycles. The van der Waals surface area contributed by atoms with Gasteiger partial charge in [-0.05, 0) is 31.9 Å². The number of hydrogen-bond donors (Lipinski definition) is 2. The maximum absolute atomic E-state index is 12.7. The summed E-state index contributed by atoms with van der Waals surface area (Å²) < 4.78 is 27.0. The summed E-state index contributed by atoms with van der Waals surface area (Å²) in [7, 11) is -3.55. The molecule has 3 N–H and O–H groups in total. The van der Waals surface area contributed by atoms with Crippen LogP contribution in [0, 0.1) is 0 Å². The average molecular weight is 284 g/mol. The van der Waals surface area contributed by atoms with E-state index in [1.165, 1.54) is 12.3 Å². The van der Waals surface area contributed by atoms with Gasteiger partial charge in [-0.15, -0.1) is 0 Å². The first-order valence-corrected chi connectivity index (χ1v) is 7.95. The lowest BCUT2D eigenvalue weighted by atomic mass is 10.1. The van der Waals surface area contributed by atoms with Crippen LogP contribution < -0.4 is 11.3 Å². The van der Waals surface area contributed by atoms with Crippen molar-refractivity contribution in [3.05, 3.63) is 18.3 Å². The van der Waals surface area contributed by atoms with E-state index in [0.29, 0.717) is 6.54 Å². The highest BCUT2D eigenvalue weighted by Crippen LogP contribution is 2.27. The minimum absolute atomic E-state index is 0.0123. The lowest BCUT2D eigenvalue weighted by Crippen LogP contribution is -2.38. The molecule has 1 aliphatic rings. The van der Waals surface area contributed by atoms with E-state index >= 15 is 0 Å². The Hall–Kier alpha value is -1.18. The molecule has 106 valence electrons. The van der Waals surface area contributed by atoms with Crippen molar-refractivity contribution >= 4 is 15.8 Å². The number of anilines is 1. The zero-order valence-electron chi connectivity index (χ0n) is 11.0. The molecule has 0 amide bonds. The predicted octanol–water partition coefficient (Wildman–Crippen LogP) is 1.32. The first-order chi connectivity index (χ1) is 9.07. The van der Waals surface area contributed by atoms with Crippen molar-refractivity contribution in [1.29, 1.82) is 0 Å². The highest BCUT2D eigenvalue weighted by molar-refractivity contribution is 7.89. The van der Waals surface area contributed by atoms with Gasteiger partial charge in [-0.3, -0.25) is 0 Å². The number of sulfonamides is 1. The standard InChI is InChI=1S/C12H20N4O2S/c1-10-6-3-2-4-9-16(10)19(17,18)11-7-5-8-14-12(11)15-13/h5,7-8,10H,2-4,6,9,13H2,1H3,(H,14,15). The van der Waals surface area contributed by atoms with E-state index < -0.39 is 10.0 Å². The molecule has 0 aromatic carbocycles. The number of hydrogen-bond acceptors (Lipinski definition) is 5. The largest absolute Gasteiger partial charge is 0.307 e. The van der Waals surface area contributed by atoms with Crippen LogP contribution in [0.15, 0.2) is 23.2 Å². The van der Waals surface area contributed by atoms with E-state index in [1.54, 1.807) is 10.4 Å². The molecule has 0 radical (unpaired) electrons. The van der Waals surface area contributed by atoms with E-state index in [-0.39, 0.29) is 16.8 Å². The van der Waals surface area contributed by atoms with E-state index in [2.05, 4.69) is 10.4 Å². The van der Waals surface area contributed by atoms with Gasteiger partial charge in [0.25, 0.3) is 0 Å². The summed E-state index contributed by atoms with van der Waals surface area (Å²) >= 11 is 0. The normalized spacial score (nSPS) is 21.9. The molecule has 1 fully saturated rings. The Bertz CT molecular complexity index is 532. The molecule has 1 aromatic rings. The second-order valence-electron chi connectivity index (χ2n) is 4.81. The maximum Gasteiger partial charge on any atom is 0.247 e. The molecule has 2 rings (SSSR count). The van der Waals surface area contributed by atoms with Gasteiger partial charge in [0.2, 0.25) is 10.0 Å². The van der Waals surface area contributed by atoms with Crippen molar-refractivity contribution in [2.24, 2.45) is 5.84 Å². The van der Waals surface area contributed by atoms with Crippen molar-refractivity contribution in [2.45, 2.75) is 43.5 Å². The smallest absolute Gasteiger partial charge is 0.247 e. The van der Waals surface area contributed by atoms with Crippen molar-refractivity contribution in [2.75, 3.05) is 12.0 Å². The van der Waals surface area contributed by atoms with Crippen LogP contribution >= 0.6 is 0 Å². The quantitative estimate of drug-likeness (QED) is 0.645. The molecular formula is C12H20N4O2S. The van der Waals surface area contributed by atoms with E-state index in [0.717, 1.165) is 25.7 Å². The third-order valence-corrected chi connectivity index (χ3v) is 5.53. The van der Waals surface area contributed by atoms with Gasteiger partial charge in [-0.2, -0.15) is 4.31 Å². The fourth-order valence-corrected chi connectivity index (χ4v) is 4.25. The van der Waals surface area contributed by atoms with Crippen LogP contribution in [-0.2, 0) is 10.0 Å². The zero-order valence-corrected chi connectivity index (χ0v) is 11.9. The summed E-state index contributed by atoms with van der Waals surface area (Å²) in [5.41, 5.74) is 2.35. The molecular weight excluding hydrogens is 264 g/mol. The second-order valence-corrected chi connectivity index (χ2v) is 6.67. The lowest BCUT2D eigenvalue weighted by molar-refractivity contribution is 0.342. The van der Waals surface area contributed by atoms with Gasteiger partial charge >= 0.3 is 0 Å². The number of hydrazine groups is 1. The Kier molecular flexibility index (Phi) is 4.38. The van der Waals surface area contributed by atoms with Crippen LogP contribution in [0.1, 0.15) is 32.6 Å². The molecule has 0 bridgehead atoms. The number of pyridine rings is 1. The fourth-order valence-electron chi connectivity index (χ4n) is 2.44. The number of nitrogens with zero attached hydrogens (tertiary/aromatic N) is 2. The number of nitrogen functional groups attached to an aromatic ring is 1. The molecule has 1 atom stereocenters. The molecule has 7 heteroatoms. The molecule has 0 aliphatic carbocycles. The summed E-state index contributed by atoms with van der Waals surface area (Å²) in [5.74, 6) is 5.54. The van der Waals surface area contributed by atoms with Gasteiger partial charge in [0.1, 0.15) is 4.90 Å². The summed E-state index contributed by atoms with van der Waals surface area (Å²) in [4.78, 5) is 4.11. The summed E-state index contributed by atoms with van der Waals surface area (Å²) in [6.45, 7) is 2.51. The number of nitrogens with one attached hydrogen (secondary N) is 1. The highest BCUT2D eigenvalue weighted by atomic mass is 32.2. The maximum atomic E-state index is 12.7. The molecule has 1 aromatic heterocycles. The minimum atomic E-state index is -3.55. The molecule has 19 heavy (non-hydrogen) atoms. The molecule has 6 nitrogen and oxygen atoms in total. The summed E-state index contributed by atoms with van der Waals surface area (Å²) in [5, 5.41) is 0. The van der Waals surface area contributed by atoms with Crippen molar-refractivity contribution in [3.8, 4) is 0 Å². The topological polar surface area (TPSA) is 88.3 Å². The molecule has 1 aliphatic heterocycles. The minimum Gasteiger partial charge on any atom is -0.307 e. The van der Waals surface area contributed by atoms with E-state index in [4.69, 9.17) is 5.84 Å². The van der Waals surface area contributed by atoms with Gasteiger partial charge in [0, 0.05) is 18.8 Å². The van der Waals surface area contributed by atoms with Crippen LogP contribution in [0.3, 0.4) is 0 Å². The van der Waals surface area contributed by atoms with Gasteiger partial charge in [0.15, 0.2) is 5.82 Å². The zero-order chi connectivity index (χ0) is 13.9. The highest BCUT2D eigenvalue weighted by Gasteiger charge is 2.31. The first-order valence-electron chi connectivity index (χ1n) is 6.51. The Morgan fingerprint density at radius 2 is 2.21 bits per heavy atom. The molecule has 1 unspecified atom stereocenters. The van der Waals surface area contributed by atoms with Gasteiger partial charge in [-0.1, -0.05) is 12.8 Å².